The summed E-state index contributed by atoms with van der Waals surface area (Å²) in [5, 5.41) is 3.06. The van der Waals surface area contributed by atoms with E-state index >= 15 is 0 Å². The molecule has 2 fully saturated rings. The maximum absolute atomic E-state index is 13.3. The molecule has 0 N–H and O–H groups in total. The van der Waals surface area contributed by atoms with Gasteiger partial charge in [0.05, 0.1) is 22.3 Å². The predicted molar refractivity (Wildman–Crippen MR) is 228 cm³/mol. The zero-order chi connectivity index (χ0) is 46.6. The average molecular weight is 1070 g/mol. The third-order valence-electron chi connectivity index (χ3n) is 11.9. The number of benzene rings is 4. The quantitative estimate of drug-likeness (QED) is 0.0886. The standard InChI is InChI=1S/2C24H21F6.C2H6Si.2ClH.Zr/c2*25-23(26,27)19-12-18(13-20(14-19)24(28,29)30)21-8-4-7-17-10-16(11-22(17)21)9-15-5-2-1-3-6-15;1-3-2;;;/h2*4,7-8,10-15H,1-3,5-6,9H2;1-2H3;2*1H;/q2*-1;;;;+2/p-2. The first-order valence-electron chi connectivity index (χ1n) is 21.4. The number of hydrogen-bond donors (Lipinski definition) is 0. The molecule has 0 saturated heterocycles. The van der Waals surface area contributed by atoms with E-state index in [9.17, 15) is 52.7 Å². The van der Waals surface area contributed by atoms with Crippen LogP contribution in [0.3, 0.4) is 0 Å². The molecule has 0 bridgehead atoms. The summed E-state index contributed by atoms with van der Waals surface area (Å²) in [7, 11) is 0. The SMILES string of the molecule is C[Si](C)=[Zr+2].FC(F)(F)c1cc(-c2cccc3[cH-]c(CC4CCCCC4)cc23)cc(C(F)(F)F)c1.FC(F)(F)c1cc(-c2cccc3[cH-]c(CC4CCCCC4)cc23)cc(C(F)(F)F)c1.[Cl-].[Cl-]. The molecule has 0 aliphatic heterocycles. The van der Waals surface area contributed by atoms with Gasteiger partial charge in [-0.05, 0) is 72.2 Å². The van der Waals surface area contributed by atoms with Crippen molar-refractivity contribution < 1.29 is 101 Å². The van der Waals surface area contributed by atoms with Crippen LogP contribution in [0.5, 0.6) is 0 Å². The molecule has 6 aromatic carbocycles. The molecule has 16 heteroatoms. The fourth-order valence-electron chi connectivity index (χ4n) is 9.00. The van der Waals surface area contributed by atoms with Crippen molar-refractivity contribution in [2.75, 3.05) is 0 Å². The van der Waals surface area contributed by atoms with Gasteiger partial charge in [0, 0.05) is 0 Å². The summed E-state index contributed by atoms with van der Waals surface area (Å²) >= 11 is 1.74. The smallest absolute Gasteiger partial charge is 0.416 e. The van der Waals surface area contributed by atoms with Crippen LogP contribution < -0.4 is 24.8 Å². The fraction of sp³-hybridized carbons (Fsp3) is 0.400. The molecule has 0 atom stereocenters. The van der Waals surface area contributed by atoms with Gasteiger partial charge in [-0.3, -0.25) is 0 Å². The van der Waals surface area contributed by atoms with Crippen molar-refractivity contribution in [3.8, 4) is 22.3 Å². The van der Waals surface area contributed by atoms with Crippen LogP contribution in [0.2, 0.25) is 13.1 Å². The van der Waals surface area contributed by atoms with Crippen molar-refractivity contribution in [2.24, 2.45) is 11.8 Å². The van der Waals surface area contributed by atoms with Gasteiger partial charge in [0.15, 0.2) is 0 Å². The Bertz CT molecular complexity index is 2300. The van der Waals surface area contributed by atoms with Crippen LogP contribution in [-0.4, -0.2) is 5.43 Å². The van der Waals surface area contributed by atoms with E-state index in [1.54, 1.807) is 47.6 Å². The van der Waals surface area contributed by atoms with E-state index < -0.39 is 47.0 Å². The van der Waals surface area contributed by atoms with E-state index in [0.29, 0.717) is 33.7 Å². The monoisotopic (exact) mass is 1060 g/mol. The van der Waals surface area contributed by atoms with Crippen LogP contribution >= 0.6 is 0 Å². The minimum Gasteiger partial charge on any atom is -1.00 e. The van der Waals surface area contributed by atoms with Gasteiger partial charge in [0.2, 0.25) is 0 Å². The van der Waals surface area contributed by atoms with E-state index in [1.807, 2.05) is 36.4 Å². The Morgan fingerprint density at radius 1 is 0.470 bits per heavy atom. The Hall–Kier alpha value is -3.06. The zero-order valence-corrected chi connectivity index (χ0v) is 41.1. The minimum atomic E-state index is -4.86. The summed E-state index contributed by atoms with van der Waals surface area (Å²) in [6, 6.07) is 21.6. The molecule has 0 spiro atoms. The van der Waals surface area contributed by atoms with E-state index in [1.165, 1.54) is 38.5 Å². The first kappa shape index (κ1) is 55.5. The van der Waals surface area contributed by atoms with Crippen molar-refractivity contribution >= 4 is 27.0 Å². The second kappa shape index (κ2) is 23.0. The first-order chi connectivity index (χ1) is 30.0. The maximum Gasteiger partial charge on any atom is 0.416 e. The zero-order valence-electron chi connectivity index (χ0n) is 36.2. The molecule has 0 radical (unpaired) electrons. The molecule has 8 rings (SSSR count). The van der Waals surface area contributed by atoms with Gasteiger partial charge >= 0.3 is 66.6 Å². The van der Waals surface area contributed by atoms with Gasteiger partial charge in [-0.2, -0.15) is 64.8 Å². The third-order valence-corrected chi connectivity index (χ3v) is 11.9. The van der Waals surface area contributed by atoms with Crippen LogP contribution in [0.15, 0.2) is 97.1 Å². The summed E-state index contributed by atoms with van der Waals surface area (Å²) in [4.78, 5) is 0. The second-order valence-corrected chi connectivity index (χ2v) is 26.7. The Labute approximate surface area is 404 Å². The Morgan fingerprint density at radius 3 is 1.03 bits per heavy atom. The summed E-state index contributed by atoms with van der Waals surface area (Å²) < 4.78 is 159. The minimum absolute atomic E-state index is 0. The molecule has 2 aliphatic rings. The van der Waals surface area contributed by atoms with E-state index in [-0.39, 0.29) is 53.5 Å². The molecule has 2 aliphatic carbocycles. The molecule has 66 heavy (non-hydrogen) atoms. The first-order valence-corrected chi connectivity index (χ1v) is 27.6. The van der Waals surface area contributed by atoms with Gasteiger partial charge in [-0.1, -0.05) is 87.5 Å². The molecule has 0 nitrogen and oxygen atoms in total. The molecular weight excluding hydrogens is 1020 g/mol. The normalized spacial score (nSPS) is 15.3. The van der Waals surface area contributed by atoms with Gasteiger partial charge in [0.25, 0.3) is 0 Å². The Kier molecular flexibility index (Phi) is 19.4. The van der Waals surface area contributed by atoms with Crippen LogP contribution in [0.25, 0.3) is 43.8 Å². The van der Waals surface area contributed by atoms with Crippen molar-refractivity contribution in [1.29, 1.82) is 0 Å². The number of rotatable bonds is 6. The summed E-state index contributed by atoms with van der Waals surface area (Å²) in [6.07, 6.45) is -5.66. The number of fused-ring (bicyclic) bond motifs is 2. The molecule has 356 valence electrons. The van der Waals surface area contributed by atoms with Gasteiger partial charge < -0.3 is 24.8 Å². The number of hydrogen-bond acceptors (Lipinski definition) is 0. The maximum atomic E-state index is 13.3. The molecule has 6 aromatic rings. The molecule has 2 saturated carbocycles. The van der Waals surface area contributed by atoms with Crippen LogP contribution in [-0.2, 0) is 60.9 Å². The molecule has 0 unspecified atom stereocenters. The number of alkyl halides is 12. The number of halogens is 14. The van der Waals surface area contributed by atoms with Crippen LogP contribution in [0.4, 0.5) is 52.7 Å². The van der Waals surface area contributed by atoms with Gasteiger partial charge in [-0.25, -0.2) is 0 Å². The van der Waals surface area contributed by atoms with E-state index in [0.717, 1.165) is 84.7 Å². The fourth-order valence-corrected chi connectivity index (χ4v) is 9.00. The van der Waals surface area contributed by atoms with Gasteiger partial charge in [0.1, 0.15) is 0 Å². The topological polar surface area (TPSA) is 0 Å². The molecule has 0 amide bonds. The largest absolute Gasteiger partial charge is 1.00 e. The van der Waals surface area contributed by atoms with Crippen molar-refractivity contribution in [2.45, 2.75) is 115 Å². The Balaban J connectivity index is 0.000000260. The van der Waals surface area contributed by atoms with Crippen molar-refractivity contribution in [1.82, 2.24) is 0 Å². The summed E-state index contributed by atoms with van der Waals surface area (Å²) in [6.45, 7) is 4.62. The molecule has 0 aromatic heterocycles. The van der Waals surface area contributed by atoms with Crippen LogP contribution in [0, 0.1) is 11.8 Å². The molecular formula is C50H48Cl2F12SiZr-2. The third kappa shape index (κ3) is 15.0. The summed E-state index contributed by atoms with van der Waals surface area (Å²) in [5.41, 5.74) is -2.15. The van der Waals surface area contributed by atoms with Crippen molar-refractivity contribution in [3.05, 3.63) is 130 Å². The van der Waals surface area contributed by atoms with Crippen molar-refractivity contribution in [3.63, 3.8) is 0 Å². The second-order valence-electron chi connectivity index (χ2n) is 17.3. The van der Waals surface area contributed by atoms with E-state index in [2.05, 4.69) is 13.1 Å². The van der Waals surface area contributed by atoms with E-state index in [4.69, 9.17) is 0 Å². The summed E-state index contributed by atoms with van der Waals surface area (Å²) in [5.74, 6) is 1.17. The van der Waals surface area contributed by atoms with Crippen LogP contribution in [0.1, 0.15) is 97.6 Å². The van der Waals surface area contributed by atoms with Gasteiger partial charge in [-0.15, -0.1) is 69.1 Å². The predicted octanol–water partition coefficient (Wildman–Crippen LogP) is 11.6. The molecule has 0 heterocycles. The average Bonchev–Trinajstić information content (AvgIpc) is 3.83. The Morgan fingerprint density at radius 2 is 0.758 bits per heavy atom.